The van der Waals surface area contributed by atoms with Gasteiger partial charge in [-0.05, 0) is 36.7 Å². The Morgan fingerprint density at radius 1 is 1.33 bits per heavy atom. The zero-order valence-electron chi connectivity index (χ0n) is 15.1. The molecule has 0 aromatic heterocycles. The van der Waals surface area contributed by atoms with E-state index in [1.54, 1.807) is 7.11 Å². The molecule has 24 heavy (non-hydrogen) atoms. The van der Waals surface area contributed by atoms with Crippen LogP contribution in [0.3, 0.4) is 0 Å². The van der Waals surface area contributed by atoms with E-state index in [-0.39, 0.29) is 23.6 Å². The van der Waals surface area contributed by atoms with Gasteiger partial charge in [0.05, 0.1) is 19.3 Å². The second-order valence-electron chi connectivity index (χ2n) is 7.73. The van der Waals surface area contributed by atoms with Crippen LogP contribution in [0.15, 0.2) is 24.3 Å². The van der Waals surface area contributed by atoms with Crippen molar-refractivity contribution < 1.29 is 14.6 Å². The molecule has 134 valence electrons. The van der Waals surface area contributed by atoms with Gasteiger partial charge in [0.1, 0.15) is 5.75 Å². The lowest BCUT2D eigenvalue weighted by Crippen LogP contribution is -2.43. The summed E-state index contributed by atoms with van der Waals surface area (Å²) in [5.74, 6) is 1.14. The summed E-state index contributed by atoms with van der Waals surface area (Å²) < 4.78 is 5.46. The molecule has 0 saturated heterocycles. The molecule has 3 atom stereocenters. The number of aliphatic hydroxyl groups is 1. The number of para-hydroxylation sites is 1. The predicted octanol–water partition coefficient (Wildman–Crippen LogP) is 3.24. The molecule has 1 aliphatic carbocycles. The van der Waals surface area contributed by atoms with Crippen LogP contribution >= 0.6 is 0 Å². The second kappa shape index (κ2) is 7.88. The van der Waals surface area contributed by atoms with Crippen LogP contribution in [-0.2, 0) is 0 Å². The number of benzene rings is 1. The number of hydrogen-bond acceptors (Lipinski definition) is 3. The van der Waals surface area contributed by atoms with Crippen molar-refractivity contribution in [1.29, 1.82) is 0 Å². The van der Waals surface area contributed by atoms with Gasteiger partial charge < -0.3 is 20.5 Å². The van der Waals surface area contributed by atoms with E-state index in [4.69, 9.17) is 4.74 Å². The molecule has 0 unspecified atom stereocenters. The van der Waals surface area contributed by atoms with Gasteiger partial charge in [-0.25, -0.2) is 4.79 Å². The number of urea groups is 1. The predicted molar refractivity (Wildman–Crippen MR) is 95.1 cm³/mol. The van der Waals surface area contributed by atoms with Crippen molar-refractivity contribution in [2.75, 3.05) is 13.7 Å². The van der Waals surface area contributed by atoms with Gasteiger partial charge in [-0.15, -0.1) is 0 Å². The Kier molecular flexibility index (Phi) is 6.10. The molecule has 0 bridgehead atoms. The third kappa shape index (κ3) is 4.87. The van der Waals surface area contributed by atoms with Gasteiger partial charge in [-0.3, -0.25) is 0 Å². The fourth-order valence-electron chi connectivity index (χ4n) is 3.32. The Bertz CT molecular complexity index is 554. The molecule has 1 fully saturated rings. The number of methoxy groups -OCH3 is 1. The molecule has 5 heteroatoms. The van der Waals surface area contributed by atoms with E-state index < -0.39 is 0 Å². The highest BCUT2D eigenvalue weighted by molar-refractivity contribution is 5.74. The number of aliphatic hydroxyl groups excluding tert-OH is 1. The standard InChI is InChI=1S/C19H30N2O3/c1-19(2,3)17(15-7-5-6-8-16(15)24-4)21-18(23)20-12-13-9-10-14(22)11-13/h5-8,13-14,17,22H,9-12H2,1-4H3,(H2,20,21,23)/t13-,14-,17-/m0/s1. The Morgan fingerprint density at radius 2 is 2.04 bits per heavy atom. The van der Waals surface area contributed by atoms with Gasteiger partial charge in [-0.1, -0.05) is 39.0 Å². The first-order chi connectivity index (χ1) is 11.3. The van der Waals surface area contributed by atoms with Gasteiger partial charge in [0.15, 0.2) is 0 Å². The zero-order chi connectivity index (χ0) is 17.7. The Hall–Kier alpha value is -1.75. The number of carbonyl (C=O) groups is 1. The third-order valence-electron chi connectivity index (χ3n) is 4.66. The van der Waals surface area contributed by atoms with Gasteiger partial charge in [-0.2, -0.15) is 0 Å². The smallest absolute Gasteiger partial charge is 0.315 e. The average Bonchev–Trinajstić information content (AvgIpc) is 2.95. The summed E-state index contributed by atoms with van der Waals surface area (Å²) in [5.41, 5.74) is 0.814. The molecule has 2 amide bonds. The largest absolute Gasteiger partial charge is 0.496 e. The molecule has 1 saturated carbocycles. The highest BCUT2D eigenvalue weighted by atomic mass is 16.5. The Balaban J connectivity index is 2.02. The fraction of sp³-hybridized carbons (Fsp3) is 0.632. The van der Waals surface area contributed by atoms with Crippen LogP contribution in [-0.4, -0.2) is 30.9 Å². The van der Waals surface area contributed by atoms with Crippen LogP contribution in [0, 0.1) is 11.3 Å². The van der Waals surface area contributed by atoms with Crippen LogP contribution in [0.25, 0.3) is 0 Å². The van der Waals surface area contributed by atoms with Crippen LogP contribution in [0.2, 0.25) is 0 Å². The minimum Gasteiger partial charge on any atom is -0.496 e. The van der Waals surface area contributed by atoms with Crippen molar-refractivity contribution in [3.63, 3.8) is 0 Å². The number of rotatable bonds is 5. The summed E-state index contributed by atoms with van der Waals surface area (Å²) in [4.78, 5) is 12.4. The lowest BCUT2D eigenvalue weighted by Gasteiger charge is -2.33. The molecular weight excluding hydrogens is 304 g/mol. The minimum absolute atomic E-state index is 0.157. The Morgan fingerprint density at radius 3 is 2.62 bits per heavy atom. The topological polar surface area (TPSA) is 70.6 Å². The molecule has 0 radical (unpaired) electrons. The molecule has 0 aliphatic heterocycles. The first kappa shape index (κ1) is 18.6. The number of carbonyl (C=O) groups excluding carboxylic acids is 1. The highest BCUT2D eigenvalue weighted by Crippen LogP contribution is 2.37. The summed E-state index contributed by atoms with van der Waals surface area (Å²) in [6.45, 7) is 6.89. The number of ether oxygens (including phenoxy) is 1. The van der Waals surface area contributed by atoms with E-state index in [1.165, 1.54) is 0 Å². The van der Waals surface area contributed by atoms with Crippen molar-refractivity contribution in [2.45, 2.75) is 52.2 Å². The molecule has 1 aromatic rings. The first-order valence-corrected chi connectivity index (χ1v) is 8.66. The van der Waals surface area contributed by atoms with Crippen LogP contribution in [0.1, 0.15) is 51.6 Å². The van der Waals surface area contributed by atoms with Gasteiger partial charge in [0.2, 0.25) is 0 Å². The summed E-state index contributed by atoms with van der Waals surface area (Å²) in [6.07, 6.45) is 2.36. The molecule has 3 N–H and O–H groups in total. The van der Waals surface area contributed by atoms with E-state index >= 15 is 0 Å². The lowest BCUT2D eigenvalue weighted by atomic mass is 9.82. The third-order valence-corrected chi connectivity index (χ3v) is 4.66. The number of nitrogens with one attached hydrogen (secondary N) is 2. The maximum absolute atomic E-state index is 12.4. The van der Waals surface area contributed by atoms with Gasteiger partial charge in [0, 0.05) is 12.1 Å². The highest BCUT2D eigenvalue weighted by Gasteiger charge is 2.30. The van der Waals surface area contributed by atoms with Gasteiger partial charge in [0.25, 0.3) is 0 Å². The lowest BCUT2D eigenvalue weighted by molar-refractivity contribution is 0.177. The summed E-state index contributed by atoms with van der Waals surface area (Å²) in [6, 6.07) is 7.43. The molecular formula is C19H30N2O3. The van der Waals surface area contributed by atoms with Crippen molar-refractivity contribution >= 4 is 6.03 Å². The van der Waals surface area contributed by atoms with E-state index in [0.717, 1.165) is 30.6 Å². The molecule has 1 aromatic carbocycles. The average molecular weight is 334 g/mol. The number of amides is 2. The van der Waals surface area contributed by atoms with Crippen LogP contribution in [0.4, 0.5) is 4.79 Å². The summed E-state index contributed by atoms with van der Waals surface area (Å²) in [5, 5.41) is 15.6. The monoisotopic (exact) mass is 334 g/mol. The second-order valence-corrected chi connectivity index (χ2v) is 7.73. The maximum Gasteiger partial charge on any atom is 0.315 e. The van der Waals surface area contributed by atoms with Crippen molar-refractivity contribution in [1.82, 2.24) is 10.6 Å². The van der Waals surface area contributed by atoms with E-state index in [0.29, 0.717) is 12.5 Å². The summed E-state index contributed by atoms with van der Waals surface area (Å²) >= 11 is 0. The maximum atomic E-state index is 12.4. The normalized spacial score (nSPS) is 22.0. The molecule has 5 nitrogen and oxygen atoms in total. The minimum atomic E-state index is -0.212. The molecule has 2 rings (SSSR count). The number of hydrogen-bond donors (Lipinski definition) is 3. The Labute approximate surface area is 144 Å². The first-order valence-electron chi connectivity index (χ1n) is 8.66. The fourth-order valence-corrected chi connectivity index (χ4v) is 3.32. The van der Waals surface area contributed by atoms with E-state index in [2.05, 4.69) is 31.4 Å². The zero-order valence-corrected chi connectivity index (χ0v) is 15.1. The summed E-state index contributed by atoms with van der Waals surface area (Å²) in [7, 11) is 1.64. The van der Waals surface area contributed by atoms with E-state index in [1.807, 2.05) is 24.3 Å². The SMILES string of the molecule is COc1ccccc1[C@H](NC(=O)NC[C@H]1CC[C@H](O)C1)C(C)(C)C. The molecule has 0 spiro atoms. The van der Waals surface area contributed by atoms with Crippen molar-refractivity contribution in [3.8, 4) is 5.75 Å². The quantitative estimate of drug-likeness (QED) is 0.774. The van der Waals surface area contributed by atoms with Crippen molar-refractivity contribution in [3.05, 3.63) is 29.8 Å². The van der Waals surface area contributed by atoms with E-state index in [9.17, 15) is 9.90 Å². The van der Waals surface area contributed by atoms with Gasteiger partial charge >= 0.3 is 6.03 Å². The van der Waals surface area contributed by atoms with Crippen molar-refractivity contribution in [2.24, 2.45) is 11.3 Å². The molecule has 1 aliphatic rings. The van der Waals surface area contributed by atoms with Crippen LogP contribution < -0.4 is 15.4 Å². The molecule has 0 heterocycles. The van der Waals surface area contributed by atoms with Crippen LogP contribution in [0.5, 0.6) is 5.75 Å².